The van der Waals surface area contributed by atoms with Crippen LogP contribution in [0.4, 0.5) is 0 Å². The molecule has 4 heteroatoms. The molecule has 1 N–H and O–H groups in total. The molecule has 0 bridgehead atoms. The molecule has 31 heavy (non-hydrogen) atoms. The van der Waals surface area contributed by atoms with Crippen molar-refractivity contribution in [2.75, 3.05) is 13.7 Å². The van der Waals surface area contributed by atoms with E-state index in [9.17, 15) is 5.11 Å². The molecular weight excluding hydrogens is 388 g/mol. The largest absolute Gasteiger partial charge is 0.497 e. The quantitative estimate of drug-likeness (QED) is 0.512. The second-order valence-corrected chi connectivity index (χ2v) is 8.10. The minimum Gasteiger partial charge on any atom is -0.497 e. The lowest BCUT2D eigenvalue weighted by Crippen LogP contribution is -2.19. The predicted molar refractivity (Wildman–Crippen MR) is 122 cm³/mol. The van der Waals surface area contributed by atoms with E-state index in [0.29, 0.717) is 13.0 Å². The number of fused-ring (bicyclic) bond motifs is 1. The van der Waals surface area contributed by atoms with Gasteiger partial charge in [0.1, 0.15) is 30.0 Å². The first-order valence-corrected chi connectivity index (χ1v) is 10.9. The second-order valence-electron chi connectivity index (χ2n) is 8.10. The second kappa shape index (κ2) is 9.88. The van der Waals surface area contributed by atoms with Crippen LogP contribution >= 0.6 is 0 Å². The fourth-order valence-corrected chi connectivity index (χ4v) is 4.09. The van der Waals surface area contributed by atoms with E-state index in [2.05, 4.69) is 43.3 Å². The summed E-state index contributed by atoms with van der Waals surface area (Å²) in [5.74, 6) is 2.95. The lowest BCUT2D eigenvalue weighted by Gasteiger charge is -2.15. The van der Waals surface area contributed by atoms with Crippen molar-refractivity contribution in [1.29, 1.82) is 0 Å². The Morgan fingerprint density at radius 2 is 1.74 bits per heavy atom. The third-order valence-corrected chi connectivity index (χ3v) is 5.96. The smallest absolute Gasteiger partial charge is 0.123 e. The Kier molecular flexibility index (Phi) is 6.78. The Balaban J connectivity index is 1.53. The number of aryl methyl sites for hydroxylation is 1. The van der Waals surface area contributed by atoms with Crippen molar-refractivity contribution in [2.45, 2.75) is 44.8 Å². The monoisotopic (exact) mass is 418 g/mol. The summed E-state index contributed by atoms with van der Waals surface area (Å²) >= 11 is 0. The zero-order valence-electron chi connectivity index (χ0n) is 18.2. The van der Waals surface area contributed by atoms with Crippen molar-refractivity contribution in [3.63, 3.8) is 0 Å². The molecule has 0 aromatic heterocycles. The molecule has 4 nitrogen and oxygen atoms in total. The Morgan fingerprint density at radius 1 is 0.968 bits per heavy atom. The van der Waals surface area contributed by atoms with Crippen LogP contribution in [0.5, 0.6) is 17.2 Å². The van der Waals surface area contributed by atoms with E-state index in [1.807, 2.05) is 30.3 Å². The maximum atomic E-state index is 9.32. The van der Waals surface area contributed by atoms with Crippen LogP contribution in [-0.2, 0) is 19.4 Å². The predicted octanol–water partition coefficient (Wildman–Crippen LogP) is 5.31. The third kappa shape index (κ3) is 5.02. The maximum absolute atomic E-state index is 9.32. The highest BCUT2D eigenvalue weighted by molar-refractivity contribution is 5.51. The summed E-state index contributed by atoms with van der Waals surface area (Å²) in [6.07, 6.45) is 2.38. The van der Waals surface area contributed by atoms with Crippen LogP contribution in [0, 0.1) is 0 Å². The van der Waals surface area contributed by atoms with Gasteiger partial charge < -0.3 is 19.3 Å². The van der Waals surface area contributed by atoms with Crippen LogP contribution in [-0.4, -0.2) is 24.9 Å². The molecule has 1 aliphatic rings. The first-order valence-electron chi connectivity index (χ1n) is 10.9. The highest BCUT2D eigenvalue weighted by atomic mass is 16.5. The van der Waals surface area contributed by atoms with Crippen molar-refractivity contribution < 1.29 is 19.3 Å². The molecule has 0 saturated heterocycles. The molecule has 0 amide bonds. The topological polar surface area (TPSA) is 47.9 Å². The lowest BCUT2D eigenvalue weighted by atomic mass is 9.92. The molecule has 0 fully saturated rings. The average molecular weight is 419 g/mol. The summed E-state index contributed by atoms with van der Waals surface area (Å²) in [4.78, 5) is 0. The first-order chi connectivity index (χ1) is 15.2. The zero-order valence-corrected chi connectivity index (χ0v) is 18.2. The van der Waals surface area contributed by atoms with Gasteiger partial charge in [-0.15, -0.1) is 0 Å². The normalized spacial score (nSPS) is 17.1. The molecule has 0 radical (unpaired) electrons. The lowest BCUT2D eigenvalue weighted by molar-refractivity contribution is 0.211. The summed E-state index contributed by atoms with van der Waals surface area (Å²) in [6, 6.07) is 22.6. The van der Waals surface area contributed by atoms with Gasteiger partial charge in [-0.05, 0) is 53.8 Å². The molecule has 162 valence electrons. The molecule has 2 atom stereocenters. The number of aliphatic hydroxyl groups excluding tert-OH is 1. The molecule has 2 unspecified atom stereocenters. The fourth-order valence-electron chi connectivity index (χ4n) is 4.09. The summed E-state index contributed by atoms with van der Waals surface area (Å²) < 4.78 is 17.9. The van der Waals surface area contributed by atoms with E-state index in [1.165, 1.54) is 11.1 Å². The zero-order chi connectivity index (χ0) is 21.6. The van der Waals surface area contributed by atoms with Crippen LogP contribution in [0.1, 0.15) is 41.5 Å². The van der Waals surface area contributed by atoms with Gasteiger partial charge in [-0.25, -0.2) is 0 Å². The Hall–Kier alpha value is -2.98. The molecule has 3 aromatic carbocycles. The van der Waals surface area contributed by atoms with Gasteiger partial charge in [0, 0.05) is 24.5 Å². The van der Waals surface area contributed by atoms with Gasteiger partial charge >= 0.3 is 0 Å². The van der Waals surface area contributed by atoms with Crippen LogP contribution in [0.3, 0.4) is 0 Å². The van der Waals surface area contributed by atoms with Gasteiger partial charge in [0.25, 0.3) is 0 Å². The molecule has 0 saturated carbocycles. The van der Waals surface area contributed by atoms with E-state index in [1.54, 1.807) is 7.11 Å². The van der Waals surface area contributed by atoms with Crippen molar-refractivity contribution in [3.05, 3.63) is 89.0 Å². The van der Waals surface area contributed by atoms with Crippen LogP contribution in [0.25, 0.3) is 0 Å². The number of methoxy groups -OCH3 is 1. The van der Waals surface area contributed by atoms with Gasteiger partial charge in [0.15, 0.2) is 0 Å². The Labute approximate surface area is 184 Å². The van der Waals surface area contributed by atoms with E-state index in [4.69, 9.17) is 14.2 Å². The van der Waals surface area contributed by atoms with Crippen molar-refractivity contribution >= 4 is 0 Å². The Morgan fingerprint density at radius 3 is 2.45 bits per heavy atom. The molecule has 4 rings (SSSR count). The van der Waals surface area contributed by atoms with E-state index in [0.717, 1.165) is 41.2 Å². The molecule has 3 aromatic rings. The molecule has 0 aliphatic carbocycles. The van der Waals surface area contributed by atoms with Gasteiger partial charge in [0.2, 0.25) is 0 Å². The van der Waals surface area contributed by atoms with Crippen LogP contribution in [0.15, 0.2) is 66.7 Å². The minimum absolute atomic E-state index is 0.0819. The maximum Gasteiger partial charge on any atom is 0.123 e. The highest BCUT2D eigenvalue weighted by Gasteiger charge is 2.32. The third-order valence-electron chi connectivity index (χ3n) is 5.96. The van der Waals surface area contributed by atoms with Crippen molar-refractivity contribution in [1.82, 2.24) is 0 Å². The van der Waals surface area contributed by atoms with Gasteiger partial charge in [0.05, 0.1) is 7.11 Å². The Bertz CT molecular complexity index is 982. The number of ether oxygens (including phenoxy) is 3. The van der Waals surface area contributed by atoms with Crippen molar-refractivity contribution in [2.24, 2.45) is 0 Å². The molecular formula is C27H30O4. The molecule has 0 spiro atoms. The van der Waals surface area contributed by atoms with Gasteiger partial charge in [-0.1, -0.05) is 49.4 Å². The van der Waals surface area contributed by atoms with Crippen molar-refractivity contribution in [3.8, 4) is 17.2 Å². The highest BCUT2D eigenvalue weighted by Crippen LogP contribution is 2.43. The molecule has 1 aliphatic heterocycles. The summed E-state index contributed by atoms with van der Waals surface area (Å²) in [6.45, 7) is 2.90. The minimum atomic E-state index is 0.0819. The first kappa shape index (κ1) is 21.3. The number of aliphatic hydroxyl groups is 1. The summed E-state index contributed by atoms with van der Waals surface area (Å²) in [5, 5.41) is 9.32. The van der Waals surface area contributed by atoms with Crippen LogP contribution < -0.4 is 14.2 Å². The van der Waals surface area contributed by atoms with Gasteiger partial charge in [-0.2, -0.15) is 0 Å². The number of hydrogen-bond acceptors (Lipinski definition) is 4. The number of hydrogen-bond donors (Lipinski definition) is 1. The van der Waals surface area contributed by atoms with Crippen LogP contribution in [0.2, 0.25) is 0 Å². The molecule has 1 heterocycles. The fraction of sp³-hybridized carbons (Fsp3) is 0.333. The average Bonchev–Trinajstić information content (AvgIpc) is 3.11. The standard InChI is InChI=1S/C27H30O4/c1-19-24-17-26(30-18-21-7-4-3-5-8-21)22(9-6-14-28)16-27(24)31-25(19)15-20-10-12-23(29-2)13-11-20/h3-5,7-8,10-13,16-17,19,25,28H,6,9,14-15,18H2,1-2H3. The SMILES string of the molecule is COc1ccc(CC2Oc3cc(CCCO)c(OCc4ccccc4)cc3C2C)cc1. The number of benzene rings is 3. The van der Waals surface area contributed by atoms with Gasteiger partial charge in [-0.3, -0.25) is 0 Å². The number of rotatable bonds is 9. The van der Waals surface area contributed by atoms with E-state index >= 15 is 0 Å². The summed E-state index contributed by atoms with van der Waals surface area (Å²) in [5.41, 5.74) is 4.64. The van der Waals surface area contributed by atoms with E-state index in [-0.39, 0.29) is 18.6 Å². The summed E-state index contributed by atoms with van der Waals surface area (Å²) in [7, 11) is 1.68. The van der Waals surface area contributed by atoms with E-state index < -0.39 is 0 Å².